The van der Waals surface area contributed by atoms with Gasteiger partial charge in [0.2, 0.25) is 10.0 Å². The van der Waals surface area contributed by atoms with E-state index in [2.05, 4.69) is 5.32 Å². The van der Waals surface area contributed by atoms with Crippen molar-refractivity contribution in [2.75, 3.05) is 21.2 Å². The Kier molecular flexibility index (Phi) is 6.05. The van der Waals surface area contributed by atoms with Crippen LogP contribution >= 0.6 is 11.6 Å². The Morgan fingerprint density at radius 1 is 1.20 bits per heavy atom. The molecule has 0 aromatic heterocycles. The van der Waals surface area contributed by atoms with E-state index in [0.29, 0.717) is 5.02 Å². The number of carbonyl (C=O) groups is 1. The first kappa shape index (κ1) is 19.2. The number of sulfonamides is 1. The fourth-order valence-corrected chi connectivity index (χ4v) is 3.44. The average Bonchev–Trinajstić information content (AvgIpc) is 2.59. The standard InChI is InChI=1S/C17H19ClN2O4S/c1-20(2)25(22,23)16-10-13(7-8-15(16)24-3)17(21)19-11-12-5-4-6-14(18)9-12/h4-10H,11H2,1-3H3,(H,19,21). The Morgan fingerprint density at radius 2 is 1.92 bits per heavy atom. The van der Waals surface area contributed by atoms with Gasteiger partial charge in [0.05, 0.1) is 7.11 Å². The molecule has 8 heteroatoms. The molecule has 2 rings (SSSR count). The highest BCUT2D eigenvalue weighted by molar-refractivity contribution is 7.89. The summed E-state index contributed by atoms with van der Waals surface area (Å²) in [6, 6.07) is 11.4. The Morgan fingerprint density at radius 3 is 2.52 bits per heavy atom. The Bertz CT molecular complexity index is 882. The van der Waals surface area contributed by atoms with Gasteiger partial charge in [-0.15, -0.1) is 0 Å². The minimum absolute atomic E-state index is 0.0598. The van der Waals surface area contributed by atoms with E-state index >= 15 is 0 Å². The quantitative estimate of drug-likeness (QED) is 0.833. The summed E-state index contributed by atoms with van der Waals surface area (Å²) in [7, 11) is 0.475. The van der Waals surface area contributed by atoms with E-state index in [0.717, 1.165) is 9.87 Å². The molecule has 0 aliphatic rings. The highest BCUT2D eigenvalue weighted by Gasteiger charge is 2.23. The van der Waals surface area contributed by atoms with Gasteiger partial charge >= 0.3 is 0 Å². The molecule has 0 saturated heterocycles. The fraction of sp³-hybridized carbons (Fsp3) is 0.235. The Balaban J connectivity index is 2.26. The summed E-state index contributed by atoms with van der Waals surface area (Å²) in [6.07, 6.45) is 0. The lowest BCUT2D eigenvalue weighted by Gasteiger charge is -2.15. The van der Waals surface area contributed by atoms with Crippen LogP contribution in [0.2, 0.25) is 5.02 Å². The summed E-state index contributed by atoms with van der Waals surface area (Å²) >= 11 is 5.91. The molecule has 1 N–H and O–H groups in total. The first-order valence-electron chi connectivity index (χ1n) is 7.39. The molecular formula is C17H19ClN2O4S. The molecule has 6 nitrogen and oxygen atoms in total. The molecule has 0 radical (unpaired) electrons. The van der Waals surface area contributed by atoms with Crippen molar-refractivity contribution in [2.45, 2.75) is 11.4 Å². The monoisotopic (exact) mass is 382 g/mol. The molecule has 25 heavy (non-hydrogen) atoms. The largest absolute Gasteiger partial charge is 0.495 e. The van der Waals surface area contributed by atoms with E-state index in [-0.39, 0.29) is 22.8 Å². The summed E-state index contributed by atoms with van der Waals surface area (Å²) in [5, 5.41) is 3.32. The van der Waals surface area contributed by atoms with Crippen molar-refractivity contribution in [3.63, 3.8) is 0 Å². The van der Waals surface area contributed by atoms with E-state index in [1.165, 1.54) is 39.4 Å². The van der Waals surface area contributed by atoms with Crippen LogP contribution in [0.5, 0.6) is 5.75 Å². The number of amides is 1. The van der Waals surface area contributed by atoms with E-state index < -0.39 is 15.9 Å². The molecule has 0 unspecified atom stereocenters. The molecule has 1 amide bonds. The van der Waals surface area contributed by atoms with Gasteiger partial charge in [0, 0.05) is 31.2 Å². The highest BCUT2D eigenvalue weighted by Crippen LogP contribution is 2.26. The smallest absolute Gasteiger partial charge is 0.251 e. The van der Waals surface area contributed by atoms with Crippen LogP contribution in [0.15, 0.2) is 47.4 Å². The maximum atomic E-state index is 12.4. The molecule has 0 aliphatic heterocycles. The molecule has 0 bridgehead atoms. The average molecular weight is 383 g/mol. The summed E-state index contributed by atoms with van der Waals surface area (Å²) in [6.45, 7) is 0.279. The van der Waals surface area contributed by atoms with Gasteiger partial charge < -0.3 is 10.1 Å². The van der Waals surface area contributed by atoms with Gasteiger partial charge in [-0.2, -0.15) is 0 Å². The number of ether oxygens (including phenoxy) is 1. The number of rotatable bonds is 6. The maximum Gasteiger partial charge on any atom is 0.251 e. The van der Waals surface area contributed by atoms with Crippen LogP contribution in [0.3, 0.4) is 0 Å². The first-order valence-corrected chi connectivity index (χ1v) is 9.20. The van der Waals surface area contributed by atoms with Gasteiger partial charge in [-0.1, -0.05) is 23.7 Å². The SMILES string of the molecule is COc1ccc(C(=O)NCc2cccc(Cl)c2)cc1S(=O)(=O)N(C)C. The number of halogens is 1. The molecule has 0 heterocycles. The second-order valence-corrected chi connectivity index (χ2v) is 8.02. The Labute approximate surface area is 152 Å². The van der Waals surface area contributed by atoms with Crippen LogP contribution in [0, 0.1) is 0 Å². The Hall–Kier alpha value is -2.09. The summed E-state index contributed by atoms with van der Waals surface area (Å²) in [4.78, 5) is 12.3. The predicted molar refractivity (Wildman–Crippen MR) is 96.5 cm³/mol. The minimum atomic E-state index is -3.74. The van der Waals surface area contributed by atoms with Crippen molar-refractivity contribution in [2.24, 2.45) is 0 Å². The maximum absolute atomic E-state index is 12.4. The van der Waals surface area contributed by atoms with E-state index in [9.17, 15) is 13.2 Å². The van der Waals surface area contributed by atoms with Crippen molar-refractivity contribution in [3.05, 3.63) is 58.6 Å². The van der Waals surface area contributed by atoms with Crippen LogP contribution in [0.1, 0.15) is 15.9 Å². The van der Waals surface area contributed by atoms with Gasteiger partial charge in [0.25, 0.3) is 5.91 Å². The topological polar surface area (TPSA) is 75.7 Å². The first-order chi connectivity index (χ1) is 11.8. The fourth-order valence-electron chi connectivity index (χ4n) is 2.15. The van der Waals surface area contributed by atoms with Gasteiger partial charge in [-0.05, 0) is 35.9 Å². The predicted octanol–water partition coefficient (Wildman–Crippen LogP) is 2.53. The van der Waals surface area contributed by atoms with Gasteiger partial charge in [0.15, 0.2) is 0 Å². The normalized spacial score (nSPS) is 11.4. The van der Waals surface area contributed by atoms with Crippen LogP contribution in [0.25, 0.3) is 0 Å². The molecule has 134 valence electrons. The third-order valence-corrected chi connectivity index (χ3v) is 5.60. The minimum Gasteiger partial charge on any atom is -0.495 e. The number of benzene rings is 2. The lowest BCUT2D eigenvalue weighted by molar-refractivity contribution is 0.0950. The number of nitrogens with one attached hydrogen (secondary N) is 1. The second kappa shape index (κ2) is 7.86. The van der Waals surface area contributed by atoms with Crippen LogP contribution < -0.4 is 10.1 Å². The van der Waals surface area contributed by atoms with E-state index in [1.54, 1.807) is 18.2 Å². The van der Waals surface area contributed by atoms with Crippen molar-refractivity contribution >= 4 is 27.5 Å². The van der Waals surface area contributed by atoms with Gasteiger partial charge in [-0.3, -0.25) is 4.79 Å². The molecule has 0 aliphatic carbocycles. The zero-order valence-corrected chi connectivity index (χ0v) is 15.7. The molecule has 0 saturated carbocycles. The molecule has 2 aromatic rings. The number of hydrogen-bond donors (Lipinski definition) is 1. The third-order valence-electron chi connectivity index (χ3n) is 3.53. The highest BCUT2D eigenvalue weighted by atomic mass is 35.5. The van der Waals surface area contributed by atoms with Crippen molar-refractivity contribution in [1.82, 2.24) is 9.62 Å². The third kappa shape index (κ3) is 4.50. The lowest BCUT2D eigenvalue weighted by atomic mass is 10.2. The number of carbonyl (C=O) groups excluding carboxylic acids is 1. The zero-order valence-electron chi connectivity index (χ0n) is 14.1. The summed E-state index contributed by atoms with van der Waals surface area (Å²) < 4.78 is 31.0. The second-order valence-electron chi connectivity index (χ2n) is 5.47. The van der Waals surface area contributed by atoms with Crippen LogP contribution in [-0.4, -0.2) is 39.8 Å². The van der Waals surface area contributed by atoms with Crippen molar-refractivity contribution in [1.29, 1.82) is 0 Å². The van der Waals surface area contributed by atoms with Crippen molar-refractivity contribution in [3.8, 4) is 5.75 Å². The zero-order chi connectivity index (χ0) is 18.6. The van der Waals surface area contributed by atoms with Gasteiger partial charge in [-0.25, -0.2) is 12.7 Å². The van der Waals surface area contributed by atoms with Crippen LogP contribution in [-0.2, 0) is 16.6 Å². The summed E-state index contributed by atoms with van der Waals surface area (Å²) in [5.74, 6) is -0.210. The lowest BCUT2D eigenvalue weighted by Crippen LogP contribution is -2.25. The molecule has 2 aromatic carbocycles. The van der Waals surface area contributed by atoms with Crippen molar-refractivity contribution < 1.29 is 17.9 Å². The van der Waals surface area contributed by atoms with E-state index in [4.69, 9.17) is 16.3 Å². The molecule has 0 fully saturated rings. The molecule has 0 spiro atoms. The number of hydrogen-bond acceptors (Lipinski definition) is 4. The van der Waals surface area contributed by atoms with E-state index in [1.807, 2.05) is 6.07 Å². The van der Waals surface area contributed by atoms with Crippen LogP contribution in [0.4, 0.5) is 0 Å². The molecular weight excluding hydrogens is 364 g/mol. The number of methoxy groups -OCH3 is 1. The van der Waals surface area contributed by atoms with Gasteiger partial charge in [0.1, 0.15) is 10.6 Å². The number of nitrogens with zero attached hydrogens (tertiary/aromatic N) is 1. The summed E-state index contributed by atoms with van der Waals surface area (Å²) in [5.41, 5.74) is 1.07. The molecule has 0 atom stereocenters.